The van der Waals surface area contributed by atoms with Crippen molar-refractivity contribution in [2.75, 3.05) is 12.9 Å². The number of hydrogen-bond acceptors (Lipinski definition) is 3. The predicted molar refractivity (Wildman–Crippen MR) is 62.7 cm³/mol. The van der Waals surface area contributed by atoms with Gasteiger partial charge in [0.15, 0.2) is 0 Å². The van der Waals surface area contributed by atoms with E-state index in [2.05, 4.69) is 0 Å². The van der Waals surface area contributed by atoms with Gasteiger partial charge in [-0.05, 0) is 24.0 Å². The first-order valence-corrected chi connectivity index (χ1v) is 6.39. The van der Waals surface area contributed by atoms with Gasteiger partial charge >= 0.3 is 5.97 Å². The Kier molecular flexibility index (Phi) is 3.21. The van der Waals surface area contributed by atoms with E-state index in [1.165, 1.54) is 4.90 Å². The third-order valence-corrected chi connectivity index (χ3v) is 3.68. The lowest BCUT2D eigenvalue weighted by atomic mass is 9.83. The van der Waals surface area contributed by atoms with E-state index in [9.17, 15) is 4.79 Å². The van der Waals surface area contributed by atoms with Crippen LogP contribution in [0.3, 0.4) is 0 Å². The lowest BCUT2D eigenvalue weighted by Gasteiger charge is -2.41. The number of carboxylic acid groups (broad SMARTS) is 1. The Morgan fingerprint density at radius 3 is 2.50 bits per heavy atom. The summed E-state index contributed by atoms with van der Waals surface area (Å²) in [5.41, 5.74) is 0.391. The van der Waals surface area contributed by atoms with Crippen LogP contribution in [0, 0.1) is 0 Å². The maximum absolute atomic E-state index is 10.8. The van der Waals surface area contributed by atoms with Gasteiger partial charge in [-0.1, -0.05) is 12.1 Å². The van der Waals surface area contributed by atoms with Gasteiger partial charge in [0.1, 0.15) is 5.60 Å². The number of carbonyl (C=O) groups is 1. The van der Waals surface area contributed by atoms with E-state index in [1.54, 1.807) is 11.8 Å². The normalized spacial score (nSPS) is 23.8. The molecule has 0 bridgehead atoms. The second-order valence-electron chi connectivity index (χ2n) is 3.89. The molecule has 4 heteroatoms. The number of benzene rings is 1. The first kappa shape index (κ1) is 11.5. The second kappa shape index (κ2) is 4.47. The molecule has 1 unspecified atom stereocenters. The maximum atomic E-state index is 10.8. The minimum absolute atomic E-state index is 0.0472. The van der Waals surface area contributed by atoms with E-state index in [0.717, 1.165) is 12.0 Å². The van der Waals surface area contributed by atoms with E-state index in [0.29, 0.717) is 6.61 Å². The largest absolute Gasteiger partial charge is 0.481 e. The monoisotopic (exact) mass is 238 g/mol. The molecule has 3 nitrogen and oxygen atoms in total. The molecule has 1 atom stereocenters. The molecule has 1 N–H and O–H groups in total. The zero-order valence-electron chi connectivity index (χ0n) is 9.10. The van der Waals surface area contributed by atoms with Crippen LogP contribution in [0.15, 0.2) is 29.2 Å². The second-order valence-corrected chi connectivity index (χ2v) is 4.77. The average molecular weight is 238 g/mol. The summed E-state index contributed by atoms with van der Waals surface area (Å²) in [7, 11) is 0. The topological polar surface area (TPSA) is 46.5 Å². The molecule has 0 aromatic heterocycles. The van der Waals surface area contributed by atoms with Gasteiger partial charge in [-0.15, -0.1) is 11.8 Å². The van der Waals surface area contributed by atoms with Crippen molar-refractivity contribution in [3.63, 3.8) is 0 Å². The van der Waals surface area contributed by atoms with Crippen molar-refractivity contribution in [3.8, 4) is 0 Å². The molecule has 16 heavy (non-hydrogen) atoms. The Bertz CT molecular complexity index is 382. The van der Waals surface area contributed by atoms with Crippen molar-refractivity contribution in [2.24, 2.45) is 0 Å². The summed E-state index contributed by atoms with van der Waals surface area (Å²) < 4.78 is 5.50. The number of thioether (sulfide) groups is 1. The molecule has 0 radical (unpaired) electrons. The highest BCUT2D eigenvalue weighted by atomic mass is 32.2. The number of hydrogen-bond donors (Lipinski definition) is 1. The van der Waals surface area contributed by atoms with Crippen LogP contribution in [0.2, 0.25) is 0 Å². The summed E-state index contributed by atoms with van der Waals surface area (Å²) in [5, 5.41) is 8.89. The fourth-order valence-corrected chi connectivity index (χ4v) is 2.36. The molecule has 2 rings (SSSR count). The fraction of sp³-hybridized carbons (Fsp3) is 0.417. The highest BCUT2D eigenvalue weighted by molar-refractivity contribution is 7.98. The van der Waals surface area contributed by atoms with Crippen LogP contribution in [0.5, 0.6) is 0 Å². The van der Waals surface area contributed by atoms with Crippen molar-refractivity contribution in [1.82, 2.24) is 0 Å². The molecule has 0 saturated carbocycles. The number of rotatable bonds is 4. The van der Waals surface area contributed by atoms with Crippen LogP contribution in [0.4, 0.5) is 0 Å². The lowest BCUT2D eigenvalue weighted by molar-refractivity contribution is -0.176. The molecule has 0 aliphatic carbocycles. The van der Waals surface area contributed by atoms with E-state index in [-0.39, 0.29) is 6.42 Å². The van der Waals surface area contributed by atoms with E-state index < -0.39 is 11.6 Å². The van der Waals surface area contributed by atoms with Crippen molar-refractivity contribution in [3.05, 3.63) is 29.8 Å². The van der Waals surface area contributed by atoms with E-state index in [4.69, 9.17) is 9.84 Å². The van der Waals surface area contributed by atoms with Gasteiger partial charge in [-0.2, -0.15) is 0 Å². The van der Waals surface area contributed by atoms with Gasteiger partial charge in [0.25, 0.3) is 0 Å². The first-order chi connectivity index (χ1) is 7.66. The van der Waals surface area contributed by atoms with E-state index in [1.807, 2.05) is 30.5 Å². The lowest BCUT2D eigenvalue weighted by Crippen LogP contribution is -2.42. The van der Waals surface area contributed by atoms with Crippen LogP contribution in [-0.4, -0.2) is 23.9 Å². The molecule has 0 amide bonds. The predicted octanol–water partition coefficient (Wildman–Crippen LogP) is 2.50. The number of ether oxygens (including phenoxy) is 1. The van der Waals surface area contributed by atoms with Gasteiger partial charge in [0, 0.05) is 11.3 Å². The molecular weight excluding hydrogens is 224 g/mol. The smallest absolute Gasteiger partial charge is 0.306 e. The van der Waals surface area contributed by atoms with Crippen molar-refractivity contribution in [2.45, 2.75) is 23.3 Å². The Morgan fingerprint density at radius 1 is 1.50 bits per heavy atom. The molecule has 1 aliphatic rings. The van der Waals surface area contributed by atoms with Crippen molar-refractivity contribution in [1.29, 1.82) is 0 Å². The molecule has 0 spiro atoms. The Balaban J connectivity index is 2.22. The molecule has 1 aliphatic heterocycles. The van der Waals surface area contributed by atoms with Crippen LogP contribution >= 0.6 is 11.8 Å². The van der Waals surface area contributed by atoms with Crippen LogP contribution in [-0.2, 0) is 15.1 Å². The molecular formula is C12H14O3S. The van der Waals surface area contributed by atoms with Gasteiger partial charge < -0.3 is 9.84 Å². The number of carboxylic acids is 1. The summed E-state index contributed by atoms with van der Waals surface area (Å²) in [6.07, 6.45) is 2.85. The maximum Gasteiger partial charge on any atom is 0.306 e. The van der Waals surface area contributed by atoms with Gasteiger partial charge in [0.2, 0.25) is 0 Å². The standard InChI is InChI=1S/C12H14O3S/c1-16-10-4-2-9(3-5-10)12(6-7-15-12)8-11(13)14/h2-5H,6-8H2,1H3,(H,13,14). The Hall–Kier alpha value is -1.00. The third kappa shape index (κ3) is 2.08. The van der Waals surface area contributed by atoms with Crippen LogP contribution in [0.25, 0.3) is 0 Å². The average Bonchev–Trinajstić information content (AvgIpc) is 2.23. The summed E-state index contributed by atoms with van der Waals surface area (Å²) in [6.45, 7) is 0.650. The summed E-state index contributed by atoms with van der Waals surface area (Å²) in [5.74, 6) is -0.811. The summed E-state index contributed by atoms with van der Waals surface area (Å²) in [6, 6.07) is 7.94. The quantitative estimate of drug-likeness (QED) is 0.819. The molecule has 1 aromatic rings. The number of aliphatic carboxylic acids is 1. The highest BCUT2D eigenvalue weighted by Gasteiger charge is 2.42. The highest BCUT2D eigenvalue weighted by Crippen LogP contribution is 2.40. The fourth-order valence-electron chi connectivity index (χ4n) is 1.96. The molecule has 86 valence electrons. The summed E-state index contributed by atoms with van der Waals surface area (Å²) in [4.78, 5) is 12.0. The molecule has 1 heterocycles. The molecule has 1 fully saturated rings. The third-order valence-electron chi connectivity index (χ3n) is 2.94. The minimum Gasteiger partial charge on any atom is -0.481 e. The van der Waals surface area contributed by atoms with Gasteiger partial charge in [0.05, 0.1) is 13.0 Å². The van der Waals surface area contributed by atoms with E-state index >= 15 is 0 Å². The zero-order chi connectivity index (χ0) is 11.6. The molecule has 1 aromatic carbocycles. The Morgan fingerprint density at radius 2 is 2.12 bits per heavy atom. The van der Waals surface area contributed by atoms with Crippen molar-refractivity contribution >= 4 is 17.7 Å². The van der Waals surface area contributed by atoms with Crippen LogP contribution < -0.4 is 0 Å². The SMILES string of the molecule is CSc1ccc(C2(CC(=O)O)CCO2)cc1. The zero-order valence-corrected chi connectivity index (χ0v) is 9.92. The Labute approximate surface area is 98.8 Å². The van der Waals surface area contributed by atoms with Crippen molar-refractivity contribution < 1.29 is 14.6 Å². The van der Waals surface area contributed by atoms with Gasteiger partial charge in [-0.3, -0.25) is 4.79 Å². The van der Waals surface area contributed by atoms with Crippen LogP contribution in [0.1, 0.15) is 18.4 Å². The summed E-state index contributed by atoms with van der Waals surface area (Å²) >= 11 is 1.67. The minimum atomic E-state index is -0.811. The molecule has 1 saturated heterocycles. The first-order valence-electron chi connectivity index (χ1n) is 5.16. The van der Waals surface area contributed by atoms with Gasteiger partial charge in [-0.25, -0.2) is 0 Å².